The molecule has 0 N–H and O–H groups in total. The van der Waals surface area contributed by atoms with Crippen LogP contribution in [0.2, 0.25) is 36.3 Å². The molecule has 4 atom stereocenters. The van der Waals surface area contributed by atoms with Gasteiger partial charge in [0.1, 0.15) is 12.2 Å². The number of fused-ring (bicyclic) bond motifs is 3. The fraction of sp³-hybridized carbons (Fsp3) is 0.783. The van der Waals surface area contributed by atoms with Crippen molar-refractivity contribution >= 4 is 28.4 Å². The predicted molar refractivity (Wildman–Crippen MR) is 139 cm³/mol. The molecule has 1 saturated heterocycles. The first kappa shape index (κ1) is 27.4. The molecule has 3 rings (SSSR count). The minimum Gasteiger partial charge on any atom is -0.453 e. The SMILES string of the molecule is C#CCSc1nc(=O)nc2n1[C@@H]1O[C@H](CO[Si](C)(C)C(C)(C)C)[C@@H](O[Si](C)(C)C(C)(C)C)[C@@H]1O2. The number of hydrogen-bond donors (Lipinski definition) is 0. The molecule has 2 aliphatic heterocycles. The number of aromatic nitrogens is 3. The molecule has 0 saturated carbocycles. The van der Waals surface area contributed by atoms with Crippen molar-refractivity contribution in [3.8, 4) is 18.4 Å². The van der Waals surface area contributed by atoms with E-state index in [-0.39, 0.29) is 28.3 Å². The zero-order valence-corrected chi connectivity index (χ0v) is 24.9. The fourth-order valence-electron chi connectivity index (χ4n) is 3.35. The summed E-state index contributed by atoms with van der Waals surface area (Å²) in [5.74, 6) is 2.94. The predicted octanol–water partition coefficient (Wildman–Crippen LogP) is 4.43. The number of nitrogens with zero attached hydrogens (tertiary/aromatic N) is 3. The molecule has 8 nitrogen and oxygen atoms in total. The first-order chi connectivity index (χ1) is 15.5. The van der Waals surface area contributed by atoms with Crippen molar-refractivity contribution in [1.82, 2.24) is 14.5 Å². The van der Waals surface area contributed by atoms with Crippen LogP contribution in [-0.2, 0) is 13.6 Å². The fourth-order valence-corrected chi connectivity index (χ4v) is 6.36. The molecule has 1 aromatic rings. The molecule has 0 aliphatic carbocycles. The molecule has 0 amide bonds. The Morgan fingerprint density at radius 1 is 1.09 bits per heavy atom. The Kier molecular flexibility index (Phi) is 7.56. The second-order valence-electron chi connectivity index (χ2n) is 12.0. The monoisotopic (exact) mass is 525 g/mol. The Morgan fingerprint density at radius 2 is 1.71 bits per heavy atom. The van der Waals surface area contributed by atoms with Crippen molar-refractivity contribution in [2.75, 3.05) is 12.4 Å². The van der Waals surface area contributed by atoms with Crippen LogP contribution in [0.3, 0.4) is 0 Å². The average Bonchev–Trinajstić information content (AvgIpc) is 3.18. The quantitative estimate of drug-likeness (QED) is 0.294. The number of ether oxygens (including phenoxy) is 2. The molecule has 2 aliphatic rings. The van der Waals surface area contributed by atoms with Gasteiger partial charge in [-0.1, -0.05) is 59.2 Å². The largest absolute Gasteiger partial charge is 0.453 e. The second kappa shape index (κ2) is 9.37. The molecule has 34 heavy (non-hydrogen) atoms. The molecular weight excluding hydrogens is 487 g/mol. The third-order valence-electron chi connectivity index (χ3n) is 7.51. The number of hydrogen-bond acceptors (Lipinski definition) is 8. The molecular formula is C23H39N3O5SSi2. The molecule has 0 aromatic carbocycles. The zero-order chi connectivity index (χ0) is 25.7. The molecule has 0 unspecified atom stereocenters. The lowest BCUT2D eigenvalue weighted by atomic mass is 10.1. The lowest BCUT2D eigenvalue weighted by molar-refractivity contribution is -0.0417. The highest BCUT2D eigenvalue weighted by Gasteiger charge is 2.56. The number of terminal acetylenes is 1. The number of thioether (sulfide) groups is 1. The van der Waals surface area contributed by atoms with Gasteiger partial charge in [-0.15, -0.1) is 11.4 Å². The van der Waals surface area contributed by atoms with Gasteiger partial charge in [-0.05, 0) is 36.3 Å². The van der Waals surface area contributed by atoms with Crippen LogP contribution in [0.15, 0.2) is 9.95 Å². The van der Waals surface area contributed by atoms with Crippen molar-refractivity contribution < 1.29 is 18.3 Å². The Balaban J connectivity index is 1.95. The van der Waals surface area contributed by atoms with E-state index in [9.17, 15) is 4.79 Å². The Bertz CT molecular complexity index is 1010. The molecule has 190 valence electrons. The smallest absolute Gasteiger partial charge is 0.374 e. The van der Waals surface area contributed by atoms with Crippen LogP contribution in [0.1, 0.15) is 47.8 Å². The normalized spacial score (nSPS) is 25.0. The molecule has 1 aromatic heterocycles. The highest BCUT2D eigenvalue weighted by atomic mass is 32.2. The summed E-state index contributed by atoms with van der Waals surface area (Å²) in [4.78, 5) is 20.1. The van der Waals surface area contributed by atoms with Gasteiger partial charge >= 0.3 is 11.7 Å². The van der Waals surface area contributed by atoms with Crippen LogP contribution in [0.4, 0.5) is 0 Å². The molecule has 0 radical (unpaired) electrons. The van der Waals surface area contributed by atoms with Gasteiger partial charge in [-0.25, -0.2) is 9.36 Å². The van der Waals surface area contributed by atoms with E-state index in [1.807, 2.05) is 0 Å². The maximum atomic E-state index is 12.1. The summed E-state index contributed by atoms with van der Waals surface area (Å²) in [5.41, 5.74) is -0.606. The van der Waals surface area contributed by atoms with E-state index in [1.165, 1.54) is 11.8 Å². The van der Waals surface area contributed by atoms with E-state index in [0.717, 1.165) is 0 Å². The van der Waals surface area contributed by atoms with Crippen molar-refractivity contribution in [3.63, 3.8) is 0 Å². The van der Waals surface area contributed by atoms with E-state index in [1.54, 1.807) is 4.57 Å². The summed E-state index contributed by atoms with van der Waals surface area (Å²) in [6.07, 6.45) is 3.79. The summed E-state index contributed by atoms with van der Waals surface area (Å²) in [5, 5.41) is 0.522. The first-order valence-electron chi connectivity index (χ1n) is 11.7. The van der Waals surface area contributed by atoms with Crippen molar-refractivity contribution in [2.45, 2.75) is 108 Å². The summed E-state index contributed by atoms with van der Waals surface area (Å²) in [6.45, 7) is 22.6. The molecule has 0 spiro atoms. The van der Waals surface area contributed by atoms with Crippen LogP contribution in [-0.4, -0.2) is 61.8 Å². The third kappa shape index (κ3) is 5.32. The van der Waals surface area contributed by atoms with E-state index >= 15 is 0 Å². The Hall–Kier alpha value is -1.17. The van der Waals surface area contributed by atoms with Crippen LogP contribution in [0, 0.1) is 12.3 Å². The Labute approximate surface area is 209 Å². The van der Waals surface area contributed by atoms with Crippen LogP contribution >= 0.6 is 11.8 Å². The third-order valence-corrected chi connectivity index (χ3v) is 17.3. The van der Waals surface area contributed by atoms with Crippen LogP contribution in [0.5, 0.6) is 6.01 Å². The summed E-state index contributed by atoms with van der Waals surface area (Å²) in [6, 6.07) is 0.196. The number of rotatable bonds is 7. The van der Waals surface area contributed by atoms with Gasteiger partial charge in [0.2, 0.25) is 0 Å². The summed E-state index contributed by atoms with van der Waals surface area (Å²) >= 11 is 1.29. The molecule has 1 fully saturated rings. The molecule has 11 heteroatoms. The highest BCUT2D eigenvalue weighted by Crippen LogP contribution is 2.47. The Morgan fingerprint density at radius 3 is 2.26 bits per heavy atom. The van der Waals surface area contributed by atoms with Gasteiger partial charge in [0.05, 0.1) is 12.4 Å². The standard InChI is InChI=1S/C23H39N3O5SSi2/c1-12-13-32-21-25-19(27)24-20-26(21)18-17(30-20)16(31-34(10,11)23(5,6)7)15(29-18)14-28-33(8,9)22(2,3)4/h1,15-18H,13-14H2,2-11H3/t15-,16-,17+,18-/m1/s1. The van der Waals surface area contributed by atoms with E-state index in [2.05, 4.69) is 83.6 Å². The van der Waals surface area contributed by atoms with E-state index in [4.69, 9.17) is 24.7 Å². The maximum Gasteiger partial charge on any atom is 0.374 e. The van der Waals surface area contributed by atoms with Crippen molar-refractivity contribution in [3.05, 3.63) is 10.5 Å². The lowest BCUT2D eigenvalue weighted by Crippen LogP contribution is -2.51. The van der Waals surface area contributed by atoms with Gasteiger partial charge < -0.3 is 18.3 Å². The topological polar surface area (TPSA) is 84.7 Å². The maximum absolute atomic E-state index is 12.1. The van der Waals surface area contributed by atoms with E-state index in [0.29, 0.717) is 17.5 Å². The van der Waals surface area contributed by atoms with Gasteiger partial charge in [-0.2, -0.15) is 4.98 Å². The lowest BCUT2D eigenvalue weighted by Gasteiger charge is -2.41. The minimum absolute atomic E-state index is 0.00429. The average molecular weight is 526 g/mol. The first-order valence-corrected chi connectivity index (χ1v) is 18.5. The highest BCUT2D eigenvalue weighted by molar-refractivity contribution is 7.99. The van der Waals surface area contributed by atoms with Gasteiger partial charge in [0.15, 0.2) is 34.1 Å². The van der Waals surface area contributed by atoms with Crippen LogP contribution in [0.25, 0.3) is 0 Å². The van der Waals surface area contributed by atoms with Gasteiger partial charge in [0.25, 0.3) is 0 Å². The van der Waals surface area contributed by atoms with Crippen LogP contribution < -0.4 is 10.4 Å². The van der Waals surface area contributed by atoms with Gasteiger partial charge in [-0.3, -0.25) is 0 Å². The van der Waals surface area contributed by atoms with E-state index < -0.39 is 34.7 Å². The molecule has 0 bridgehead atoms. The zero-order valence-electron chi connectivity index (χ0n) is 22.1. The van der Waals surface area contributed by atoms with Crippen molar-refractivity contribution in [2.24, 2.45) is 0 Å². The van der Waals surface area contributed by atoms with Crippen molar-refractivity contribution in [1.29, 1.82) is 0 Å². The summed E-state index contributed by atoms with van der Waals surface area (Å²) < 4.78 is 27.9. The summed E-state index contributed by atoms with van der Waals surface area (Å²) in [7, 11) is -4.18. The minimum atomic E-state index is -2.17. The van der Waals surface area contributed by atoms with Gasteiger partial charge in [0, 0.05) is 0 Å². The second-order valence-corrected chi connectivity index (χ2v) is 22.5. The molecule has 3 heterocycles.